The Kier molecular flexibility index (Phi) is 4.66. The standard InChI is InChI=1S/C10H10BrClN2O4/c1-10(18,9(16)17)4-14-8(15)6-2-5(11)3-13-7(6)12/h2-3,18H,4H2,1H3,(H,14,15)(H,16,17). The number of carbonyl (C=O) groups excluding carboxylic acids is 1. The summed E-state index contributed by atoms with van der Waals surface area (Å²) in [5, 5.41) is 20.4. The number of halogens is 2. The van der Waals surface area contributed by atoms with Crippen LogP contribution in [-0.4, -0.2) is 39.2 Å². The number of aromatic nitrogens is 1. The van der Waals surface area contributed by atoms with Crippen LogP contribution in [0.1, 0.15) is 17.3 Å². The van der Waals surface area contributed by atoms with Gasteiger partial charge in [-0.15, -0.1) is 0 Å². The Balaban J connectivity index is 2.78. The van der Waals surface area contributed by atoms with Gasteiger partial charge in [0.1, 0.15) is 5.15 Å². The van der Waals surface area contributed by atoms with E-state index in [1.54, 1.807) is 0 Å². The maximum atomic E-state index is 11.7. The van der Waals surface area contributed by atoms with Crippen LogP contribution in [0, 0.1) is 0 Å². The minimum Gasteiger partial charge on any atom is -0.479 e. The summed E-state index contributed by atoms with van der Waals surface area (Å²) < 4.78 is 0.557. The molecule has 0 bridgehead atoms. The molecule has 1 atom stereocenters. The number of pyridine rings is 1. The number of aliphatic hydroxyl groups is 1. The van der Waals surface area contributed by atoms with Crippen molar-refractivity contribution in [2.75, 3.05) is 6.54 Å². The molecule has 1 aromatic heterocycles. The topological polar surface area (TPSA) is 99.5 Å². The molecule has 0 saturated carbocycles. The number of carboxylic acid groups (broad SMARTS) is 1. The Bertz CT molecular complexity index is 493. The molecule has 3 N–H and O–H groups in total. The maximum absolute atomic E-state index is 11.7. The summed E-state index contributed by atoms with van der Waals surface area (Å²) in [6, 6.07) is 1.44. The monoisotopic (exact) mass is 336 g/mol. The predicted molar refractivity (Wildman–Crippen MR) is 67.5 cm³/mol. The van der Waals surface area contributed by atoms with E-state index in [1.165, 1.54) is 12.3 Å². The van der Waals surface area contributed by atoms with Crippen molar-refractivity contribution >= 4 is 39.4 Å². The normalized spacial score (nSPS) is 13.8. The first-order chi connectivity index (χ1) is 8.24. The summed E-state index contributed by atoms with van der Waals surface area (Å²) in [7, 11) is 0. The molecule has 0 aliphatic heterocycles. The van der Waals surface area contributed by atoms with Gasteiger partial charge in [0.2, 0.25) is 0 Å². The molecule has 6 nitrogen and oxygen atoms in total. The molecule has 0 aliphatic rings. The fraction of sp³-hybridized carbons (Fsp3) is 0.300. The number of hydrogen-bond donors (Lipinski definition) is 3. The molecule has 18 heavy (non-hydrogen) atoms. The highest BCUT2D eigenvalue weighted by molar-refractivity contribution is 9.10. The molecule has 1 aromatic rings. The van der Waals surface area contributed by atoms with Crippen LogP contribution < -0.4 is 5.32 Å². The number of hydrogen-bond acceptors (Lipinski definition) is 4. The van der Waals surface area contributed by atoms with Gasteiger partial charge in [-0.05, 0) is 28.9 Å². The zero-order valence-electron chi connectivity index (χ0n) is 9.28. The van der Waals surface area contributed by atoms with Crippen molar-refractivity contribution in [3.63, 3.8) is 0 Å². The van der Waals surface area contributed by atoms with E-state index in [0.717, 1.165) is 6.92 Å². The Hall–Kier alpha value is -1.18. The first-order valence-electron chi connectivity index (χ1n) is 4.79. The van der Waals surface area contributed by atoms with Crippen LogP contribution in [-0.2, 0) is 4.79 Å². The quantitative estimate of drug-likeness (QED) is 0.714. The largest absolute Gasteiger partial charge is 0.479 e. The molecular weight excluding hydrogens is 327 g/mol. The summed E-state index contributed by atoms with van der Waals surface area (Å²) in [6.45, 7) is 0.639. The van der Waals surface area contributed by atoms with Gasteiger partial charge < -0.3 is 15.5 Å². The minimum atomic E-state index is -2.04. The number of carboxylic acids is 1. The molecule has 0 spiro atoms. The molecule has 1 heterocycles. The van der Waals surface area contributed by atoms with Gasteiger partial charge in [-0.25, -0.2) is 9.78 Å². The second kappa shape index (κ2) is 5.64. The van der Waals surface area contributed by atoms with Gasteiger partial charge in [0.05, 0.1) is 12.1 Å². The van der Waals surface area contributed by atoms with Gasteiger partial charge in [0.25, 0.3) is 5.91 Å². The lowest BCUT2D eigenvalue weighted by molar-refractivity contribution is -0.155. The van der Waals surface area contributed by atoms with Crippen LogP contribution in [0.5, 0.6) is 0 Å². The molecule has 98 valence electrons. The Morgan fingerprint density at radius 1 is 1.61 bits per heavy atom. The van der Waals surface area contributed by atoms with E-state index in [1.807, 2.05) is 0 Å². The van der Waals surface area contributed by atoms with E-state index in [4.69, 9.17) is 16.7 Å². The average molecular weight is 338 g/mol. The molecule has 0 aromatic carbocycles. The summed E-state index contributed by atoms with van der Waals surface area (Å²) in [6.07, 6.45) is 1.42. The molecule has 0 saturated heterocycles. The highest BCUT2D eigenvalue weighted by Crippen LogP contribution is 2.18. The van der Waals surface area contributed by atoms with E-state index in [-0.39, 0.29) is 10.7 Å². The molecular formula is C10H10BrClN2O4. The molecule has 0 radical (unpaired) electrons. The highest BCUT2D eigenvalue weighted by atomic mass is 79.9. The van der Waals surface area contributed by atoms with Crippen LogP contribution in [0.3, 0.4) is 0 Å². The van der Waals surface area contributed by atoms with Gasteiger partial charge in [0, 0.05) is 10.7 Å². The first kappa shape index (κ1) is 14.9. The number of nitrogens with zero attached hydrogens (tertiary/aromatic N) is 1. The lowest BCUT2D eigenvalue weighted by Crippen LogP contribution is -2.46. The summed E-state index contributed by atoms with van der Waals surface area (Å²) in [5.41, 5.74) is -1.95. The van der Waals surface area contributed by atoms with Crippen molar-refractivity contribution in [2.24, 2.45) is 0 Å². The smallest absolute Gasteiger partial charge is 0.337 e. The van der Waals surface area contributed by atoms with Crippen molar-refractivity contribution in [3.05, 3.63) is 27.5 Å². The Morgan fingerprint density at radius 2 is 2.22 bits per heavy atom. The Labute approximate surface area is 116 Å². The predicted octanol–water partition coefficient (Wildman–Crippen LogP) is 1.06. The number of rotatable bonds is 4. The third-order valence-electron chi connectivity index (χ3n) is 2.10. The summed E-state index contributed by atoms with van der Waals surface area (Å²) in [5.74, 6) is -2.04. The van der Waals surface area contributed by atoms with E-state index >= 15 is 0 Å². The zero-order chi connectivity index (χ0) is 13.9. The summed E-state index contributed by atoms with van der Waals surface area (Å²) >= 11 is 8.87. The van der Waals surface area contributed by atoms with Gasteiger partial charge >= 0.3 is 5.97 Å². The second-order valence-electron chi connectivity index (χ2n) is 3.75. The van der Waals surface area contributed by atoms with E-state index in [0.29, 0.717) is 4.47 Å². The number of carbonyl (C=O) groups is 2. The van der Waals surface area contributed by atoms with Crippen molar-refractivity contribution in [3.8, 4) is 0 Å². The Morgan fingerprint density at radius 3 is 2.78 bits per heavy atom. The van der Waals surface area contributed by atoms with Crippen LogP contribution in [0.2, 0.25) is 5.15 Å². The van der Waals surface area contributed by atoms with Crippen molar-refractivity contribution in [2.45, 2.75) is 12.5 Å². The van der Waals surface area contributed by atoms with Gasteiger partial charge in [-0.1, -0.05) is 11.6 Å². The van der Waals surface area contributed by atoms with Gasteiger partial charge in [-0.3, -0.25) is 4.79 Å². The van der Waals surface area contributed by atoms with Crippen LogP contribution in [0.25, 0.3) is 0 Å². The molecule has 1 amide bonds. The van der Waals surface area contributed by atoms with Crippen LogP contribution in [0.4, 0.5) is 0 Å². The third kappa shape index (κ3) is 3.66. The minimum absolute atomic E-state index is 0.00864. The van der Waals surface area contributed by atoms with E-state index < -0.39 is 24.0 Å². The molecule has 1 rings (SSSR count). The maximum Gasteiger partial charge on any atom is 0.337 e. The molecule has 1 unspecified atom stereocenters. The molecule has 0 fully saturated rings. The number of aliphatic carboxylic acids is 1. The molecule has 0 aliphatic carbocycles. The van der Waals surface area contributed by atoms with Crippen molar-refractivity contribution in [1.82, 2.24) is 10.3 Å². The fourth-order valence-corrected chi connectivity index (χ4v) is 1.53. The lowest BCUT2D eigenvalue weighted by Gasteiger charge is -2.18. The SMILES string of the molecule is CC(O)(CNC(=O)c1cc(Br)cnc1Cl)C(=O)O. The number of amides is 1. The first-order valence-corrected chi connectivity index (χ1v) is 5.96. The van der Waals surface area contributed by atoms with Crippen LogP contribution in [0.15, 0.2) is 16.7 Å². The average Bonchev–Trinajstić information content (AvgIpc) is 2.29. The van der Waals surface area contributed by atoms with Gasteiger partial charge in [-0.2, -0.15) is 0 Å². The zero-order valence-corrected chi connectivity index (χ0v) is 11.6. The lowest BCUT2D eigenvalue weighted by atomic mass is 10.1. The van der Waals surface area contributed by atoms with E-state index in [2.05, 4.69) is 26.2 Å². The summed E-state index contributed by atoms with van der Waals surface area (Å²) in [4.78, 5) is 26.1. The van der Waals surface area contributed by atoms with Gasteiger partial charge in [0.15, 0.2) is 5.60 Å². The highest BCUT2D eigenvalue weighted by Gasteiger charge is 2.30. The van der Waals surface area contributed by atoms with Crippen molar-refractivity contribution < 1.29 is 19.8 Å². The number of nitrogens with one attached hydrogen (secondary N) is 1. The van der Waals surface area contributed by atoms with Crippen LogP contribution >= 0.6 is 27.5 Å². The molecule has 8 heteroatoms. The van der Waals surface area contributed by atoms with E-state index in [9.17, 15) is 14.7 Å². The fourth-order valence-electron chi connectivity index (χ4n) is 1.01. The van der Waals surface area contributed by atoms with Crippen molar-refractivity contribution in [1.29, 1.82) is 0 Å². The third-order valence-corrected chi connectivity index (χ3v) is 2.84. The second-order valence-corrected chi connectivity index (χ2v) is 5.03.